The summed E-state index contributed by atoms with van der Waals surface area (Å²) in [6.45, 7) is 0. The van der Waals surface area contributed by atoms with Gasteiger partial charge in [-0.05, 0) is 17.7 Å². The summed E-state index contributed by atoms with van der Waals surface area (Å²) in [5.74, 6) is 1.06. The SMILES string of the molecule is CNc1c(-c2ccccc2)ccc2cncn12. The zero-order valence-corrected chi connectivity index (χ0v) is 9.59. The number of rotatable bonds is 2. The number of fused-ring (bicyclic) bond motifs is 1. The molecule has 2 aromatic heterocycles. The molecule has 17 heavy (non-hydrogen) atoms. The van der Waals surface area contributed by atoms with Gasteiger partial charge in [-0.15, -0.1) is 0 Å². The maximum atomic E-state index is 4.17. The first-order chi connectivity index (χ1) is 8.40. The van der Waals surface area contributed by atoms with Crippen LogP contribution in [0, 0.1) is 0 Å². The second-order valence-electron chi connectivity index (χ2n) is 3.90. The van der Waals surface area contributed by atoms with Gasteiger partial charge in [0, 0.05) is 12.6 Å². The van der Waals surface area contributed by atoms with Gasteiger partial charge in [-0.1, -0.05) is 30.3 Å². The normalized spacial score (nSPS) is 10.6. The van der Waals surface area contributed by atoms with E-state index in [1.54, 1.807) is 0 Å². The van der Waals surface area contributed by atoms with Gasteiger partial charge in [0.25, 0.3) is 0 Å². The predicted molar refractivity (Wildman–Crippen MR) is 70.2 cm³/mol. The summed E-state index contributed by atoms with van der Waals surface area (Å²) in [5, 5.41) is 3.25. The minimum Gasteiger partial charge on any atom is -0.374 e. The van der Waals surface area contributed by atoms with Gasteiger partial charge in [-0.25, -0.2) is 4.98 Å². The molecule has 0 saturated carbocycles. The second kappa shape index (κ2) is 3.94. The van der Waals surface area contributed by atoms with E-state index in [2.05, 4.69) is 39.0 Å². The number of anilines is 1. The smallest absolute Gasteiger partial charge is 0.119 e. The third-order valence-electron chi connectivity index (χ3n) is 2.91. The molecule has 1 aromatic carbocycles. The van der Waals surface area contributed by atoms with Crippen LogP contribution in [0.2, 0.25) is 0 Å². The van der Waals surface area contributed by atoms with E-state index in [0.29, 0.717) is 0 Å². The highest BCUT2D eigenvalue weighted by Gasteiger charge is 2.07. The molecule has 3 nitrogen and oxygen atoms in total. The van der Waals surface area contributed by atoms with Crippen molar-refractivity contribution in [2.24, 2.45) is 0 Å². The molecule has 0 radical (unpaired) electrons. The minimum absolute atomic E-state index is 1.06. The summed E-state index contributed by atoms with van der Waals surface area (Å²) in [4.78, 5) is 4.17. The number of imidazole rings is 1. The van der Waals surface area contributed by atoms with Crippen molar-refractivity contribution in [2.45, 2.75) is 0 Å². The van der Waals surface area contributed by atoms with Crippen molar-refractivity contribution >= 4 is 11.3 Å². The van der Waals surface area contributed by atoms with Crippen molar-refractivity contribution in [3.63, 3.8) is 0 Å². The monoisotopic (exact) mass is 223 g/mol. The van der Waals surface area contributed by atoms with Crippen molar-refractivity contribution < 1.29 is 0 Å². The predicted octanol–water partition coefficient (Wildman–Crippen LogP) is 3.04. The lowest BCUT2D eigenvalue weighted by atomic mass is 10.1. The Bertz CT molecular complexity index is 641. The molecule has 0 amide bonds. The summed E-state index contributed by atoms with van der Waals surface area (Å²) in [6, 6.07) is 14.5. The van der Waals surface area contributed by atoms with E-state index in [0.717, 1.165) is 11.3 Å². The summed E-state index contributed by atoms with van der Waals surface area (Å²) >= 11 is 0. The Morgan fingerprint density at radius 3 is 2.65 bits per heavy atom. The standard InChI is InChI=1S/C14H13N3/c1-15-14-13(11-5-3-2-4-6-11)8-7-12-9-16-10-17(12)14/h2-10,15H,1H3. The number of pyridine rings is 1. The van der Waals surface area contributed by atoms with Crippen molar-refractivity contribution in [3.8, 4) is 11.1 Å². The molecule has 0 bridgehead atoms. The lowest BCUT2D eigenvalue weighted by Crippen LogP contribution is -1.99. The number of benzene rings is 1. The Kier molecular flexibility index (Phi) is 2.29. The Morgan fingerprint density at radius 2 is 1.88 bits per heavy atom. The summed E-state index contributed by atoms with van der Waals surface area (Å²) < 4.78 is 2.06. The van der Waals surface area contributed by atoms with Crippen LogP contribution in [0.3, 0.4) is 0 Å². The highest BCUT2D eigenvalue weighted by atomic mass is 15.1. The fourth-order valence-electron chi connectivity index (χ4n) is 2.10. The summed E-state index contributed by atoms with van der Waals surface area (Å²) in [7, 11) is 1.93. The molecule has 0 fully saturated rings. The van der Waals surface area contributed by atoms with E-state index < -0.39 is 0 Å². The van der Waals surface area contributed by atoms with Crippen LogP contribution >= 0.6 is 0 Å². The molecule has 2 heterocycles. The molecule has 0 aliphatic rings. The fourth-order valence-corrected chi connectivity index (χ4v) is 2.10. The van der Waals surface area contributed by atoms with Crippen molar-refractivity contribution in [1.82, 2.24) is 9.38 Å². The van der Waals surface area contributed by atoms with Gasteiger partial charge in [-0.2, -0.15) is 0 Å². The van der Waals surface area contributed by atoms with E-state index in [4.69, 9.17) is 0 Å². The summed E-state index contributed by atoms with van der Waals surface area (Å²) in [6.07, 6.45) is 3.68. The molecule has 3 aromatic rings. The lowest BCUT2D eigenvalue weighted by molar-refractivity contribution is 1.15. The molecular weight excluding hydrogens is 210 g/mol. The highest BCUT2D eigenvalue weighted by Crippen LogP contribution is 2.28. The maximum Gasteiger partial charge on any atom is 0.119 e. The van der Waals surface area contributed by atoms with Gasteiger partial charge >= 0.3 is 0 Å². The molecule has 0 spiro atoms. The van der Waals surface area contributed by atoms with E-state index in [9.17, 15) is 0 Å². The van der Waals surface area contributed by atoms with E-state index in [1.807, 2.05) is 37.8 Å². The minimum atomic E-state index is 1.06. The molecule has 1 N–H and O–H groups in total. The van der Waals surface area contributed by atoms with Gasteiger partial charge in [0.05, 0.1) is 11.7 Å². The average molecular weight is 223 g/mol. The number of hydrogen-bond acceptors (Lipinski definition) is 2. The van der Waals surface area contributed by atoms with E-state index >= 15 is 0 Å². The van der Waals surface area contributed by atoms with Crippen LogP contribution in [0.4, 0.5) is 5.82 Å². The Balaban J connectivity index is 2.29. The maximum absolute atomic E-state index is 4.17. The zero-order valence-electron chi connectivity index (χ0n) is 9.59. The van der Waals surface area contributed by atoms with Crippen LogP contribution < -0.4 is 5.32 Å². The Hall–Kier alpha value is -2.29. The molecular formula is C14H13N3. The van der Waals surface area contributed by atoms with Gasteiger partial charge in [0.1, 0.15) is 12.1 Å². The van der Waals surface area contributed by atoms with Crippen LogP contribution in [0.25, 0.3) is 16.6 Å². The van der Waals surface area contributed by atoms with Crippen molar-refractivity contribution in [3.05, 3.63) is 55.0 Å². The third-order valence-corrected chi connectivity index (χ3v) is 2.91. The molecule has 0 aliphatic heterocycles. The lowest BCUT2D eigenvalue weighted by Gasteiger charge is -2.11. The Labute approximate surface area is 99.7 Å². The zero-order chi connectivity index (χ0) is 11.7. The molecule has 0 unspecified atom stereocenters. The molecule has 3 heteroatoms. The molecule has 0 aliphatic carbocycles. The quantitative estimate of drug-likeness (QED) is 0.723. The first-order valence-electron chi connectivity index (χ1n) is 5.58. The van der Waals surface area contributed by atoms with Crippen LogP contribution in [-0.2, 0) is 0 Å². The van der Waals surface area contributed by atoms with E-state index in [-0.39, 0.29) is 0 Å². The third kappa shape index (κ3) is 1.56. The number of nitrogens with zero attached hydrogens (tertiary/aromatic N) is 2. The van der Waals surface area contributed by atoms with Crippen LogP contribution in [-0.4, -0.2) is 16.4 Å². The van der Waals surface area contributed by atoms with Crippen molar-refractivity contribution in [2.75, 3.05) is 12.4 Å². The molecule has 3 rings (SSSR count). The molecule has 0 saturated heterocycles. The van der Waals surface area contributed by atoms with Gasteiger partial charge < -0.3 is 5.32 Å². The second-order valence-corrected chi connectivity index (χ2v) is 3.90. The van der Waals surface area contributed by atoms with Gasteiger partial charge in [0.15, 0.2) is 0 Å². The largest absolute Gasteiger partial charge is 0.374 e. The van der Waals surface area contributed by atoms with Crippen LogP contribution in [0.5, 0.6) is 0 Å². The highest BCUT2D eigenvalue weighted by molar-refractivity contribution is 5.78. The first-order valence-corrected chi connectivity index (χ1v) is 5.58. The van der Waals surface area contributed by atoms with Crippen LogP contribution in [0.1, 0.15) is 0 Å². The summed E-state index contributed by atoms with van der Waals surface area (Å²) in [5.41, 5.74) is 3.47. The Morgan fingerprint density at radius 1 is 1.06 bits per heavy atom. The fraction of sp³-hybridized carbons (Fsp3) is 0.0714. The van der Waals surface area contributed by atoms with Crippen LogP contribution in [0.15, 0.2) is 55.0 Å². The molecule has 84 valence electrons. The number of hydrogen-bond donors (Lipinski definition) is 1. The van der Waals surface area contributed by atoms with Gasteiger partial charge in [-0.3, -0.25) is 4.40 Å². The van der Waals surface area contributed by atoms with Crippen molar-refractivity contribution in [1.29, 1.82) is 0 Å². The molecule has 0 atom stereocenters. The number of aromatic nitrogens is 2. The topological polar surface area (TPSA) is 29.3 Å². The van der Waals surface area contributed by atoms with Gasteiger partial charge in [0.2, 0.25) is 0 Å². The number of nitrogens with one attached hydrogen (secondary N) is 1. The van der Waals surface area contributed by atoms with E-state index in [1.165, 1.54) is 11.1 Å². The average Bonchev–Trinajstić information content (AvgIpc) is 2.86. The first kappa shape index (κ1) is 9.90.